The lowest BCUT2D eigenvalue weighted by Gasteiger charge is -1.95. The predicted octanol–water partition coefficient (Wildman–Crippen LogP) is 1.69. The Hall–Kier alpha value is -0.530. The summed E-state index contributed by atoms with van der Waals surface area (Å²) in [7, 11) is -4.92. The fourth-order valence-electron chi connectivity index (χ4n) is 0.515. The molecule has 0 unspecified atom stereocenters. The average Bonchev–Trinajstić information content (AvgIpc) is 1.94. The molecule has 14 heavy (non-hydrogen) atoms. The maximum absolute atomic E-state index is 8.63. The van der Waals surface area contributed by atoms with E-state index in [1.165, 1.54) is 0 Å². The molecular formula is C6H7Cl2NO4S. The first kappa shape index (κ1) is 13.5. The van der Waals surface area contributed by atoms with Crippen LogP contribution in [0.1, 0.15) is 1.43 Å². The molecule has 0 bridgehead atoms. The second kappa shape index (κ2) is 5.38. The SMILES string of the molecule is Nc1cc(Cl)ccc1Cl.O=S(=O)([O-])O.[H+]. The first-order valence-electron chi connectivity index (χ1n) is 3.09. The molecule has 0 saturated heterocycles. The van der Waals surface area contributed by atoms with Gasteiger partial charge in [-0.1, -0.05) is 23.2 Å². The number of nitrogen functional groups attached to an aromatic ring is 1. The quantitative estimate of drug-likeness (QED) is 0.419. The van der Waals surface area contributed by atoms with Crippen LogP contribution in [0.3, 0.4) is 0 Å². The Balaban J connectivity index is 0. The monoisotopic (exact) mass is 259 g/mol. The van der Waals surface area contributed by atoms with Crippen molar-refractivity contribution in [2.75, 3.05) is 5.73 Å². The van der Waals surface area contributed by atoms with Crippen LogP contribution >= 0.6 is 23.2 Å². The van der Waals surface area contributed by atoms with Crippen LogP contribution in [-0.2, 0) is 10.4 Å². The standard InChI is InChI=1S/C6H5Cl2N.H2O4S/c7-4-1-2-5(8)6(9)3-4;1-5(2,3)4/h1-3H,9H2;(H2,1,2,3,4). The summed E-state index contributed by atoms with van der Waals surface area (Å²) in [6, 6.07) is 4.98. The largest absolute Gasteiger partial charge is 1.00 e. The molecule has 8 heteroatoms. The van der Waals surface area contributed by atoms with Gasteiger partial charge in [-0.25, -0.2) is 8.42 Å². The van der Waals surface area contributed by atoms with Crippen molar-refractivity contribution in [1.82, 2.24) is 0 Å². The molecule has 1 rings (SSSR count). The summed E-state index contributed by atoms with van der Waals surface area (Å²) in [6.45, 7) is 0. The Morgan fingerprint density at radius 1 is 1.43 bits per heavy atom. The van der Waals surface area contributed by atoms with Crippen LogP contribution in [0.4, 0.5) is 5.69 Å². The van der Waals surface area contributed by atoms with Gasteiger partial charge in [0, 0.05) is 5.02 Å². The summed E-state index contributed by atoms with van der Waals surface area (Å²) < 4.78 is 32.8. The maximum atomic E-state index is 8.63. The molecule has 0 heterocycles. The fraction of sp³-hybridized carbons (Fsp3) is 0. The Bertz CT molecular complexity index is 404. The van der Waals surface area contributed by atoms with Gasteiger partial charge >= 0.3 is 1.43 Å². The van der Waals surface area contributed by atoms with E-state index >= 15 is 0 Å². The zero-order valence-corrected chi connectivity index (χ0v) is 8.97. The molecule has 0 aromatic heterocycles. The summed E-state index contributed by atoms with van der Waals surface area (Å²) in [4.78, 5) is 0. The van der Waals surface area contributed by atoms with E-state index in [0.717, 1.165) is 0 Å². The third-order valence-corrected chi connectivity index (χ3v) is 1.54. The zero-order valence-electron chi connectivity index (χ0n) is 7.65. The Labute approximate surface area is 92.5 Å². The summed E-state index contributed by atoms with van der Waals surface area (Å²) in [5.74, 6) is 0. The molecule has 0 aliphatic rings. The highest BCUT2D eigenvalue weighted by Gasteiger charge is 1.93. The molecule has 80 valence electrons. The highest BCUT2D eigenvalue weighted by atomic mass is 35.5. The third-order valence-electron chi connectivity index (χ3n) is 0.958. The van der Waals surface area contributed by atoms with Crippen molar-refractivity contribution in [2.24, 2.45) is 0 Å². The molecule has 0 aliphatic carbocycles. The number of rotatable bonds is 0. The van der Waals surface area contributed by atoms with Crippen molar-refractivity contribution in [3.8, 4) is 0 Å². The van der Waals surface area contributed by atoms with Crippen LogP contribution in [0.15, 0.2) is 18.2 Å². The fourth-order valence-corrected chi connectivity index (χ4v) is 0.813. The lowest BCUT2D eigenvalue weighted by Crippen LogP contribution is -1.90. The van der Waals surface area contributed by atoms with Crippen LogP contribution < -0.4 is 5.73 Å². The second-order valence-corrected chi connectivity index (χ2v) is 3.79. The number of hydrogen-bond acceptors (Lipinski definition) is 4. The molecule has 5 nitrogen and oxygen atoms in total. The van der Waals surface area contributed by atoms with E-state index in [9.17, 15) is 0 Å². The minimum absolute atomic E-state index is 0. The van der Waals surface area contributed by atoms with E-state index in [-0.39, 0.29) is 1.43 Å². The van der Waals surface area contributed by atoms with Crippen molar-refractivity contribution in [3.63, 3.8) is 0 Å². The van der Waals surface area contributed by atoms with E-state index in [4.69, 9.17) is 46.5 Å². The molecule has 0 aliphatic heterocycles. The van der Waals surface area contributed by atoms with Gasteiger partial charge in [-0.3, -0.25) is 4.55 Å². The normalized spacial score (nSPS) is 10.3. The third kappa shape index (κ3) is 8.09. The summed E-state index contributed by atoms with van der Waals surface area (Å²) >= 11 is 11.2. The van der Waals surface area contributed by atoms with Crippen molar-refractivity contribution < 1.29 is 18.9 Å². The number of hydrogen-bond donors (Lipinski definition) is 2. The molecule has 0 atom stereocenters. The number of nitrogens with two attached hydrogens (primary N) is 1. The first-order valence-corrected chi connectivity index (χ1v) is 5.21. The van der Waals surface area contributed by atoms with Gasteiger partial charge in [0.15, 0.2) is 0 Å². The Kier molecular flexibility index (Phi) is 5.17. The van der Waals surface area contributed by atoms with Gasteiger partial charge in [-0.2, -0.15) is 0 Å². The van der Waals surface area contributed by atoms with Crippen LogP contribution in [0.25, 0.3) is 0 Å². The predicted molar refractivity (Wildman–Crippen MR) is 54.3 cm³/mol. The van der Waals surface area contributed by atoms with Crippen LogP contribution in [0.2, 0.25) is 10.0 Å². The molecule has 0 spiro atoms. The summed E-state index contributed by atoms with van der Waals surface area (Å²) in [5.41, 5.74) is 5.92. The van der Waals surface area contributed by atoms with Crippen molar-refractivity contribution >= 4 is 39.3 Å². The molecule has 0 fully saturated rings. The van der Waals surface area contributed by atoms with Crippen LogP contribution in [-0.4, -0.2) is 17.5 Å². The Morgan fingerprint density at radius 2 is 1.86 bits per heavy atom. The van der Waals surface area contributed by atoms with Gasteiger partial charge in [0.25, 0.3) is 0 Å². The van der Waals surface area contributed by atoms with Gasteiger partial charge in [0.05, 0.1) is 10.7 Å². The van der Waals surface area contributed by atoms with Gasteiger partial charge in [0.2, 0.25) is 10.4 Å². The second-order valence-electron chi connectivity index (χ2n) is 2.09. The van der Waals surface area contributed by atoms with Gasteiger partial charge < -0.3 is 10.3 Å². The average molecular weight is 260 g/mol. The summed E-state index contributed by atoms with van der Waals surface area (Å²) in [6.07, 6.45) is 0. The minimum Gasteiger partial charge on any atom is -0.726 e. The zero-order chi connectivity index (χ0) is 11.4. The Morgan fingerprint density at radius 3 is 2.14 bits per heavy atom. The van der Waals surface area contributed by atoms with Gasteiger partial charge in [-0.05, 0) is 18.2 Å². The van der Waals surface area contributed by atoms with E-state index in [1.54, 1.807) is 18.2 Å². The summed E-state index contributed by atoms with van der Waals surface area (Å²) in [5, 5.41) is 1.15. The molecule has 0 saturated carbocycles. The van der Waals surface area contributed by atoms with E-state index < -0.39 is 10.4 Å². The van der Waals surface area contributed by atoms with E-state index in [1.807, 2.05) is 0 Å². The molecule has 1 aromatic carbocycles. The van der Waals surface area contributed by atoms with Gasteiger partial charge in [-0.15, -0.1) is 0 Å². The van der Waals surface area contributed by atoms with Gasteiger partial charge in [0.1, 0.15) is 0 Å². The van der Waals surface area contributed by atoms with E-state index in [0.29, 0.717) is 15.7 Å². The van der Waals surface area contributed by atoms with E-state index in [2.05, 4.69) is 0 Å². The highest BCUT2D eigenvalue weighted by molar-refractivity contribution is 7.79. The topological polar surface area (TPSA) is 103 Å². The van der Waals surface area contributed by atoms with Crippen LogP contribution in [0.5, 0.6) is 0 Å². The number of benzene rings is 1. The lowest BCUT2D eigenvalue weighted by molar-refractivity contribution is 0.366. The molecule has 0 amide bonds. The smallest absolute Gasteiger partial charge is 0.726 e. The minimum atomic E-state index is -4.92. The molecule has 1 aromatic rings. The lowest BCUT2D eigenvalue weighted by atomic mass is 10.3. The maximum Gasteiger partial charge on any atom is 1.00 e. The van der Waals surface area contributed by atoms with Crippen molar-refractivity contribution in [2.45, 2.75) is 0 Å². The number of halogens is 2. The molecule has 0 radical (unpaired) electrons. The first-order chi connectivity index (χ1) is 6.20. The molecule has 3 N–H and O–H groups in total. The number of anilines is 1. The molecular weight excluding hydrogens is 253 g/mol. The highest BCUT2D eigenvalue weighted by Crippen LogP contribution is 2.21. The van der Waals surface area contributed by atoms with Crippen LogP contribution in [0, 0.1) is 0 Å². The van der Waals surface area contributed by atoms with Crippen molar-refractivity contribution in [3.05, 3.63) is 28.2 Å². The van der Waals surface area contributed by atoms with Crippen molar-refractivity contribution in [1.29, 1.82) is 0 Å².